The Balaban J connectivity index is 1.22. The Morgan fingerprint density at radius 2 is 1.93 bits per heavy atom. The molecule has 4 aliphatic rings. The predicted octanol–water partition coefficient (Wildman–Crippen LogP) is 2.52. The molecule has 2 aromatic heterocycles. The number of nitrogens with zero attached hydrogens (tertiary/aromatic N) is 4. The summed E-state index contributed by atoms with van der Waals surface area (Å²) in [6, 6.07) is 6.71. The smallest absolute Gasteiger partial charge is 0.408 e. The van der Waals surface area contributed by atoms with Crippen molar-refractivity contribution in [2.45, 2.75) is 93.9 Å². The number of rotatable bonds is 8. The van der Waals surface area contributed by atoms with Crippen molar-refractivity contribution >= 4 is 44.6 Å². The van der Waals surface area contributed by atoms with Gasteiger partial charge in [0.25, 0.3) is 5.91 Å². The zero-order valence-electron chi connectivity index (χ0n) is 31.7. The van der Waals surface area contributed by atoms with Crippen LogP contribution in [0.5, 0.6) is 11.6 Å². The summed E-state index contributed by atoms with van der Waals surface area (Å²) >= 11 is 0. The van der Waals surface area contributed by atoms with Gasteiger partial charge in [-0.25, -0.2) is 17.9 Å². The van der Waals surface area contributed by atoms with Gasteiger partial charge in [0.15, 0.2) is 5.82 Å². The number of pyridine rings is 1. The fraction of sp³-hybridized carbons (Fsp3) is 0.526. The normalized spacial score (nSPS) is 26.5. The monoisotopic (exact) mass is 793 g/mol. The van der Waals surface area contributed by atoms with Crippen LogP contribution in [0.25, 0.3) is 16.6 Å². The third-order valence-corrected chi connectivity index (χ3v) is 12.0. The zero-order chi connectivity index (χ0) is 39.8. The van der Waals surface area contributed by atoms with Crippen molar-refractivity contribution in [2.75, 3.05) is 26.9 Å². The number of hydrogen-bond acceptors (Lipinski definition) is 12. The first kappa shape index (κ1) is 39.0. The number of methoxy groups -OCH3 is 1. The maximum Gasteiger partial charge on any atom is 0.408 e. The number of nitrogens with one attached hydrogen (secondary N) is 3. The number of alkyl carbamates (subject to hydrolysis) is 1. The summed E-state index contributed by atoms with van der Waals surface area (Å²) in [5, 5.41) is 10.6. The Morgan fingerprint density at radius 3 is 2.64 bits per heavy atom. The molecule has 1 saturated heterocycles. The highest BCUT2D eigenvalue weighted by Crippen LogP contribution is 2.46. The molecule has 7 rings (SSSR count). The van der Waals surface area contributed by atoms with Crippen LogP contribution in [-0.4, -0.2) is 113 Å². The van der Waals surface area contributed by atoms with Gasteiger partial charge in [-0.05, 0) is 88.6 Å². The molecule has 0 radical (unpaired) electrons. The molecule has 1 unspecified atom stereocenters. The molecule has 1 aromatic carbocycles. The van der Waals surface area contributed by atoms with Crippen LogP contribution in [0.2, 0.25) is 0 Å². The largest absolute Gasteiger partial charge is 0.497 e. The van der Waals surface area contributed by atoms with Crippen molar-refractivity contribution in [3.63, 3.8) is 0 Å². The third-order valence-electron chi connectivity index (χ3n) is 10.2. The number of sulfonamides is 1. The van der Waals surface area contributed by atoms with Crippen molar-refractivity contribution in [3.05, 3.63) is 54.9 Å². The molecular formula is C38H47N7O10S. The number of carbonyl (C=O) groups excluding carboxylic acids is 4. The van der Waals surface area contributed by atoms with Crippen LogP contribution in [0.1, 0.15) is 59.3 Å². The second kappa shape index (κ2) is 15.4. The fourth-order valence-corrected chi connectivity index (χ4v) is 8.46. The topological polar surface area (TPSA) is 209 Å². The number of aromatic nitrogens is 3. The molecular weight excluding hydrogens is 747 g/mol. The molecule has 2 aliphatic carbocycles. The van der Waals surface area contributed by atoms with Crippen molar-refractivity contribution in [3.8, 4) is 17.4 Å². The Hall–Kier alpha value is -5.23. The molecule has 0 spiro atoms. The molecule has 300 valence electrons. The summed E-state index contributed by atoms with van der Waals surface area (Å²) in [5.74, 6) is -1.30. The quantitative estimate of drug-likeness (QED) is 0.281. The van der Waals surface area contributed by atoms with E-state index in [2.05, 4.69) is 20.5 Å². The van der Waals surface area contributed by atoms with Gasteiger partial charge in [-0.15, -0.1) is 0 Å². The molecule has 3 N–H and O–H groups in total. The maximum atomic E-state index is 14.5. The van der Waals surface area contributed by atoms with E-state index in [1.165, 1.54) is 4.90 Å². The maximum absolute atomic E-state index is 14.5. The number of amides is 4. The summed E-state index contributed by atoms with van der Waals surface area (Å²) in [6.07, 6.45) is 6.82. The molecule has 2 saturated carbocycles. The number of fused-ring (bicyclic) bond motifs is 3. The molecule has 17 nitrogen and oxygen atoms in total. The van der Waals surface area contributed by atoms with Crippen LogP contribution in [0.3, 0.4) is 0 Å². The lowest BCUT2D eigenvalue weighted by Crippen LogP contribution is -2.58. The lowest BCUT2D eigenvalue weighted by Gasteiger charge is -2.30. The average molecular weight is 794 g/mol. The molecule has 0 bridgehead atoms. The van der Waals surface area contributed by atoms with Gasteiger partial charge in [0.2, 0.25) is 27.7 Å². The van der Waals surface area contributed by atoms with Gasteiger partial charge in [0, 0.05) is 36.7 Å². The Bertz CT molecular complexity index is 2130. The third kappa shape index (κ3) is 8.60. The highest BCUT2D eigenvalue weighted by Gasteiger charge is 2.62. The van der Waals surface area contributed by atoms with Crippen LogP contribution in [0.4, 0.5) is 4.79 Å². The zero-order valence-corrected chi connectivity index (χ0v) is 32.5. The molecule has 5 atom stereocenters. The number of benzene rings is 1. The van der Waals surface area contributed by atoms with E-state index in [9.17, 15) is 27.6 Å². The first-order valence-corrected chi connectivity index (χ1v) is 20.3. The van der Waals surface area contributed by atoms with Gasteiger partial charge in [0.1, 0.15) is 35.1 Å². The number of carbonyl (C=O) groups is 4. The van der Waals surface area contributed by atoms with E-state index < -0.39 is 74.3 Å². The average Bonchev–Trinajstić information content (AvgIpc) is 4.00. The Kier molecular flexibility index (Phi) is 10.7. The van der Waals surface area contributed by atoms with Gasteiger partial charge in [-0.3, -0.25) is 19.1 Å². The van der Waals surface area contributed by atoms with Crippen molar-refractivity contribution < 1.29 is 46.5 Å². The lowest BCUT2D eigenvalue weighted by molar-refractivity contribution is -0.141. The van der Waals surface area contributed by atoms with Gasteiger partial charge in [0.05, 0.1) is 25.5 Å². The van der Waals surface area contributed by atoms with E-state index in [0.29, 0.717) is 36.2 Å². The number of hydrogen-bond donors (Lipinski definition) is 3. The van der Waals surface area contributed by atoms with Crippen LogP contribution < -0.4 is 24.8 Å². The fourth-order valence-electron chi connectivity index (χ4n) is 7.10. The van der Waals surface area contributed by atoms with Crippen LogP contribution in [-0.2, 0) is 33.9 Å². The molecule has 3 fully saturated rings. The summed E-state index contributed by atoms with van der Waals surface area (Å²) in [4.78, 5) is 61.9. The highest BCUT2D eigenvalue weighted by molar-refractivity contribution is 7.91. The highest BCUT2D eigenvalue weighted by atomic mass is 32.2. The first-order valence-electron chi connectivity index (χ1n) is 18.7. The van der Waals surface area contributed by atoms with E-state index in [-0.39, 0.29) is 44.9 Å². The molecule has 18 heteroatoms. The molecule has 56 heavy (non-hydrogen) atoms. The van der Waals surface area contributed by atoms with Crippen molar-refractivity contribution in [1.82, 2.24) is 35.0 Å². The minimum atomic E-state index is -3.93. The van der Waals surface area contributed by atoms with E-state index >= 15 is 0 Å². The molecule has 4 heterocycles. The summed E-state index contributed by atoms with van der Waals surface area (Å²) in [6.45, 7) is 5.48. The van der Waals surface area contributed by atoms with E-state index in [1.807, 2.05) is 12.1 Å². The van der Waals surface area contributed by atoms with Gasteiger partial charge in [-0.2, -0.15) is 10.1 Å². The number of ether oxygens (including phenoxy) is 4. The second-order valence-electron chi connectivity index (χ2n) is 15.6. The minimum absolute atomic E-state index is 0.0102. The van der Waals surface area contributed by atoms with Crippen molar-refractivity contribution in [1.29, 1.82) is 0 Å². The lowest BCUT2D eigenvalue weighted by atomic mass is 10.1. The van der Waals surface area contributed by atoms with Crippen molar-refractivity contribution in [2.24, 2.45) is 5.92 Å². The van der Waals surface area contributed by atoms with Gasteiger partial charge >= 0.3 is 6.09 Å². The van der Waals surface area contributed by atoms with Gasteiger partial charge < -0.3 is 34.5 Å². The van der Waals surface area contributed by atoms with Gasteiger partial charge in [-0.1, -0.05) is 12.2 Å². The molecule has 4 amide bonds. The summed E-state index contributed by atoms with van der Waals surface area (Å²) in [5.41, 5.74) is -2.42. The molecule has 2 aliphatic heterocycles. The SMILES string of the molecule is COc1ccc2c(OC3C[C@H]4C(=O)N[C@]5(C(=O)NS(=O)(=O)C6CC6)C[C@H]5/C=C\COCCC[C@H](NC(=O)OC(C)(C)C)C(=O)N4C3)nc(-n3cccn3)cc2c1. The molecule has 3 aromatic rings. The standard InChI is InChI=1S/C38H47N7O10S/c1-37(2,3)55-36(49)40-29-9-6-17-53-16-5-8-24-21-38(24,35(48)43-56(50,51)27-11-12-27)42-32(46)30-20-26(22-44(30)34(29)47)54-33-28-13-10-25(52-4)18-23(28)19-31(41-33)45-15-7-14-39-45/h5,7-8,10,13-15,18-19,24,26-27,29-30H,6,9,11-12,16-17,20-22H2,1-4H3,(H,40,49)(H,42,46)(H,43,48)/b8-5-/t24-,26?,29+,30+,38-/m1/s1. The Labute approximate surface area is 324 Å². The van der Waals surface area contributed by atoms with Crippen LogP contribution in [0, 0.1) is 5.92 Å². The minimum Gasteiger partial charge on any atom is -0.497 e. The van der Waals surface area contributed by atoms with E-state index in [1.54, 1.807) is 75.3 Å². The van der Waals surface area contributed by atoms with E-state index in [4.69, 9.17) is 23.9 Å². The van der Waals surface area contributed by atoms with E-state index in [0.717, 1.165) is 5.39 Å². The predicted molar refractivity (Wildman–Crippen MR) is 201 cm³/mol. The van der Waals surface area contributed by atoms with Crippen LogP contribution in [0.15, 0.2) is 54.9 Å². The second-order valence-corrected chi connectivity index (χ2v) is 17.6. The summed E-state index contributed by atoms with van der Waals surface area (Å²) < 4.78 is 52.7. The first-order chi connectivity index (χ1) is 26.7. The van der Waals surface area contributed by atoms with Crippen LogP contribution >= 0.6 is 0 Å². The summed E-state index contributed by atoms with van der Waals surface area (Å²) in [7, 11) is -2.37. The Morgan fingerprint density at radius 1 is 1.12 bits per heavy atom.